The summed E-state index contributed by atoms with van der Waals surface area (Å²) >= 11 is 0. The van der Waals surface area contributed by atoms with Crippen LogP contribution in [-0.2, 0) is 0 Å². The van der Waals surface area contributed by atoms with Gasteiger partial charge in [-0.3, -0.25) is 4.79 Å². The molecule has 1 heterocycles. The number of alkyl halides is 1. The van der Waals surface area contributed by atoms with Gasteiger partial charge in [0.25, 0.3) is 5.91 Å². The van der Waals surface area contributed by atoms with Crippen molar-refractivity contribution in [2.24, 2.45) is 0 Å². The average Bonchev–Trinajstić information content (AvgIpc) is 2.25. The summed E-state index contributed by atoms with van der Waals surface area (Å²) in [5.74, 6) is 0.540. The fourth-order valence-corrected chi connectivity index (χ4v) is 2.03. The molecule has 4 heteroatoms. The van der Waals surface area contributed by atoms with Crippen molar-refractivity contribution >= 4 is 5.91 Å². The fourth-order valence-electron chi connectivity index (χ4n) is 2.03. The summed E-state index contributed by atoms with van der Waals surface area (Å²) in [4.78, 5) is 13.5. The van der Waals surface area contributed by atoms with Crippen LogP contribution in [0.4, 0.5) is 4.39 Å². The predicted octanol–water partition coefficient (Wildman–Crippen LogP) is 2.19. The Labute approximate surface area is 100 Å². The molecule has 1 aliphatic heterocycles. The van der Waals surface area contributed by atoms with Gasteiger partial charge in [-0.25, -0.2) is 4.39 Å². The Morgan fingerprint density at radius 2 is 2.12 bits per heavy atom. The molecule has 1 aromatic rings. The van der Waals surface area contributed by atoms with Crippen LogP contribution in [0.2, 0.25) is 0 Å². The lowest BCUT2D eigenvalue weighted by Crippen LogP contribution is -2.59. The molecule has 1 aliphatic rings. The molecule has 0 atom stereocenters. The van der Waals surface area contributed by atoms with Crippen molar-refractivity contribution < 1.29 is 13.9 Å². The molecule has 0 radical (unpaired) electrons. The van der Waals surface area contributed by atoms with Gasteiger partial charge >= 0.3 is 0 Å². The Balaban J connectivity index is 2.15. The SMILES string of the molecule is COc1cc(C(=O)N2CC(C)(F)C2)ccc1C. The quantitative estimate of drug-likeness (QED) is 0.789. The number of hydrogen-bond acceptors (Lipinski definition) is 2. The molecule has 1 amide bonds. The zero-order valence-corrected chi connectivity index (χ0v) is 10.3. The molecule has 2 rings (SSSR count). The van der Waals surface area contributed by atoms with Gasteiger partial charge in [0.1, 0.15) is 11.4 Å². The van der Waals surface area contributed by atoms with Gasteiger partial charge in [-0.15, -0.1) is 0 Å². The Bertz CT molecular complexity index is 449. The normalized spacial score (nSPS) is 17.5. The van der Waals surface area contributed by atoms with Crippen LogP contribution in [0.3, 0.4) is 0 Å². The topological polar surface area (TPSA) is 29.5 Å². The van der Waals surface area contributed by atoms with Gasteiger partial charge in [0.2, 0.25) is 0 Å². The summed E-state index contributed by atoms with van der Waals surface area (Å²) in [6.07, 6.45) is 0. The van der Waals surface area contributed by atoms with E-state index in [1.165, 1.54) is 11.8 Å². The second-order valence-electron chi connectivity index (χ2n) is 4.76. The highest BCUT2D eigenvalue weighted by Crippen LogP contribution is 2.27. The minimum absolute atomic E-state index is 0.140. The van der Waals surface area contributed by atoms with Gasteiger partial charge in [-0.2, -0.15) is 0 Å². The van der Waals surface area contributed by atoms with Crippen molar-refractivity contribution in [1.29, 1.82) is 0 Å². The van der Waals surface area contributed by atoms with Crippen LogP contribution in [0.15, 0.2) is 18.2 Å². The molecule has 1 saturated heterocycles. The van der Waals surface area contributed by atoms with E-state index in [0.29, 0.717) is 11.3 Å². The maximum Gasteiger partial charge on any atom is 0.254 e. The summed E-state index contributed by atoms with van der Waals surface area (Å²) in [5.41, 5.74) is 0.288. The van der Waals surface area contributed by atoms with Crippen molar-refractivity contribution in [2.45, 2.75) is 19.5 Å². The first-order valence-corrected chi connectivity index (χ1v) is 5.56. The number of carbonyl (C=O) groups excluding carboxylic acids is 1. The predicted molar refractivity (Wildman–Crippen MR) is 63.1 cm³/mol. The zero-order chi connectivity index (χ0) is 12.6. The number of nitrogens with zero attached hydrogens (tertiary/aromatic N) is 1. The number of aryl methyl sites for hydroxylation is 1. The lowest BCUT2D eigenvalue weighted by Gasteiger charge is -2.42. The van der Waals surface area contributed by atoms with Gasteiger partial charge in [-0.05, 0) is 31.5 Å². The number of likely N-dealkylation sites (tertiary alicyclic amines) is 1. The van der Waals surface area contributed by atoms with Crippen LogP contribution >= 0.6 is 0 Å². The van der Waals surface area contributed by atoms with Crippen LogP contribution in [0, 0.1) is 6.92 Å². The minimum atomic E-state index is -1.23. The third kappa shape index (κ3) is 2.25. The van der Waals surface area contributed by atoms with E-state index in [4.69, 9.17) is 4.74 Å². The monoisotopic (exact) mass is 237 g/mol. The summed E-state index contributed by atoms with van der Waals surface area (Å²) in [7, 11) is 1.57. The van der Waals surface area contributed by atoms with Gasteiger partial charge < -0.3 is 9.64 Å². The first kappa shape index (κ1) is 11.9. The molecule has 0 bridgehead atoms. The highest BCUT2D eigenvalue weighted by Gasteiger charge is 2.41. The Morgan fingerprint density at radius 1 is 1.47 bits per heavy atom. The van der Waals surface area contributed by atoms with E-state index in [0.717, 1.165) is 5.56 Å². The first-order chi connectivity index (χ1) is 7.93. The molecule has 0 spiro atoms. The molecule has 92 valence electrons. The molecular weight excluding hydrogens is 221 g/mol. The Morgan fingerprint density at radius 3 is 2.65 bits per heavy atom. The van der Waals surface area contributed by atoms with Gasteiger partial charge in [0, 0.05) is 5.56 Å². The largest absolute Gasteiger partial charge is 0.496 e. The van der Waals surface area contributed by atoms with E-state index < -0.39 is 5.67 Å². The smallest absolute Gasteiger partial charge is 0.254 e. The summed E-state index contributed by atoms with van der Waals surface area (Å²) < 4.78 is 18.5. The maximum atomic E-state index is 13.3. The summed E-state index contributed by atoms with van der Waals surface area (Å²) in [6.45, 7) is 3.76. The lowest BCUT2D eigenvalue weighted by molar-refractivity contribution is -0.00787. The van der Waals surface area contributed by atoms with E-state index >= 15 is 0 Å². The number of amides is 1. The summed E-state index contributed by atoms with van der Waals surface area (Å²) in [6, 6.07) is 5.28. The van der Waals surface area contributed by atoms with E-state index in [2.05, 4.69) is 0 Å². The standard InChI is InChI=1S/C13H16FNO2/c1-9-4-5-10(6-11(9)17-3)12(16)15-7-13(2,14)8-15/h4-6H,7-8H2,1-3H3. The third-order valence-corrected chi connectivity index (χ3v) is 2.98. The van der Waals surface area contributed by atoms with Crippen LogP contribution < -0.4 is 4.74 Å². The lowest BCUT2D eigenvalue weighted by atomic mass is 9.97. The zero-order valence-electron chi connectivity index (χ0n) is 10.3. The molecule has 0 aliphatic carbocycles. The average molecular weight is 237 g/mol. The van der Waals surface area contributed by atoms with Crippen molar-refractivity contribution in [1.82, 2.24) is 4.90 Å². The number of hydrogen-bond donors (Lipinski definition) is 0. The highest BCUT2D eigenvalue weighted by molar-refractivity contribution is 5.95. The maximum absolute atomic E-state index is 13.3. The first-order valence-electron chi connectivity index (χ1n) is 5.56. The van der Waals surface area contributed by atoms with Crippen LogP contribution in [0.5, 0.6) is 5.75 Å². The van der Waals surface area contributed by atoms with Crippen molar-refractivity contribution in [3.63, 3.8) is 0 Å². The molecule has 1 fully saturated rings. The number of methoxy groups -OCH3 is 1. The van der Waals surface area contributed by atoms with E-state index in [1.54, 1.807) is 19.2 Å². The molecule has 3 nitrogen and oxygen atoms in total. The molecule has 0 unspecified atom stereocenters. The van der Waals surface area contributed by atoms with E-state index in [-0.39, 0.29) is 19.0 Å². The van der Waals surface area contributed by atoms with Gasteiger partial charge in [0.15, 0.2) is 0 Å². The van der Waals surface area contributed by atoms with Gasteiger partial charge in [0.05, 0.1) is 20.2 Å². The number of carbonyl (C=O) groups is 1. The number of ether oxygens (including phenoxy) is 1. The molecular formula is C13H16FNO2. The fraction of sp³-hybridized carbons (Fsp3) is 0.462. The second-order valence-corrected chi connectivity index (χ2v) is 4.76. The van der Waals surface area contributed by atoms with E-state index in [9.17, 15) is 9.18 Å². The van der Waals surface area contributed by atoms with Crippen LogP contribution in [0.1, 0.15) is 22.8 Å². The van der Waals surface area contributed by atoms with Gasteiger partial charge in [-0.1, -0.05) is 6.07 Å². The van der Waals surface area contributed by atoms with E-state index in [1.807, 2.05) is 13.0 Å². The molecule has 0 N–H and O–H groups in total. The Kier molecular flexibility index (Phi) is 2.81. The van der Waals surface area contributed by atoms with Crippen molar-refractivity contribution in [3.8, 4) is 5.75 Å². The number of halogens is 1. The third-order valence-electron chi connectivity index (χ3n) is 2.98. The number of benzene rings is 1. The molecule has 1 aromatic carbocycles. The summed E-state index contributed by atoms with van der Waals surface area (Å²) in [5, 5.41) is 0. The number of rotatable bonds is 2. The molecule has 0 saturated carbocycles. The molecule has 0 aromatic heterocycles. The van der Waals surface area contributed by atoms with Crippen LogP contribution in [-0.4, -0.2) is 36.7 Å². The van der Waals surface area contributed by atoms with Crippen LogP contribution in [0.25, 0.3) is 0 Å². The van der Waals surface area contributed by atoms with Crippen molar-refractivity contribution in [2.75, 3.05) is 20.2 Å². The van der Waals surface area contributed by atoms with Crippen molar-refractivity contribution in [3.05, 3.63) is 29.3 Å². The minimum Gasteiger partial charge on any atom is -0.496 e. The Hall–Kier alpha value is -1.58. The molecule has 17 heavy (non-hydrogen) atoms. The second kappa shape index (κ2) is 4.02. The highest BCUT2D eigenvalue weighted by atomic mass is 19.1.